The van der Waals surface area contributed by atoms with E-state index >= 15 is 0 Å². The first kappa shape index (κ1) is 33.8. The van der Waals surface area contributed by atoms with Crippen molar-refractivity contribution in [3.05, 3.63) is 47.1 Å². The van der Waals surface area contributed by atoms with E-state index in [-0.39, 0.29) is 30.2 Å². The number of benzene rings is 1. The highest BCUT2D eigenvalue weighted by Gasteiger charge is 2.32. The first-order valence-electron chi connectivity index (χ1n) is 15.7. The summed E-state index contributed by atoms with van der Waals surface area (Å²) in [5.74, 6) is 1.01. The van der Waals surface area contributed by atoms with Crippen LogP contribution < -0.4 is 9.47 Å². The lowest BCUT2D eigenvalue weighted by Gasteiger charge is -2.32. The molecule has 0 saturated carbocycles. The summed E-state index contributed by atoms with van der Waals surface area (Å²) in [5, 5.41) is 0. The van der Waals surface area contributed by atoms with E-state index in [4.69, 9.17) is 14.2 Å². The van der Waals surface area contributed by atoms with Crippen LogP contribution in [0, 0.1) is 11.8 Å². The number of carbonyl (C=O) groups excluding carboxylic acids is 2. The molecule has 0 bridgehead atoms. The fraction of sp³-hybridized carbons (Fsp3) is 0.657. The molecule has 2 rings (SSSR count). The van der Waals surface area contributed by atoms with Gasteiger partial charge in [0.05, 0.1) is 13.0 Å². The third-order valence-electron chi connectivity index (χ3n) is 7.94. The lowest BCUT2D eigenvalue weighted by Crippen LogP contribution is -2.21. The van der Waals surface area contributed by atoms with Gasteiger partial charge in [-0.05, 0) is 82.4 Å². The number of esters is 2. The number of rotatable bonds is 18. The van der Waals surface area contributed by atoms with E-state index in [2.05, 4.69) is 47.3 Å². The van der Waals surface area contributed by atoms with Gasteiger partial charge in [0, 0.05) is 24.5 Å². The van der Waals surface area contributed by atoms with Crippen LogP contribution >= 0.6 is 0 Å². The van der Waals surface area contributed by atoms with Crippen LogP contribution in [-0.4, -0.2) is 25.2 Å². The molecule has 1 aliphatic carbocycles. The molecule has 1 aromatic carbocycles. The third kappa shape index (κ3) is 11.2. The van der Waals surface area contributed by atoms with Gasteiger partial charge in [-0.1, -0.05) is 76.7 Å². The molecule has 3 atom stereocenters. The highest BCUT2D eigenvalue weighted by molar-refractivity contribution is 5.76. The van der Waals surface area contributed by atoms with E-state index in [9.17, 15) is 9.59 Å². The molecule has 0 amide bonds. The molecule has 0 radical (unpaired) electrons. The molecule has 0 aliphatic heterocycles. The van der Waals surface area contributed by atoms with Crippen LogP contribution in [-0.2, 0) is 20.7 Å². The Morgan fingerprint density at radius 1 is 0.975 bits per heavy atom. The van der Waals surface area contributed by atoms with Crippen molar-refractivity contribution in [2.45, 2.75) is 125 Å². The van der Waals surface area contributed by atoms with Crippen molar-refractivity contribution >= 4 is 11.9 Å². The maximum atomic E-state index is 13.2. The van der Waals surface area contributed by atoms with Crippen LogP contribution in [0.4, 0.5) is 0 Å². The van der Waals surface area contributed by atoms with Crippen molar-refractivity contribution in [2.24, 2.45) is 11.8 Å². The van der Waals surface area contributed by atoms with Crippen LogP contribution in [0.15, 0.2) is 35.9 Å². The maximum absolute atomic E-state index is 13.2. The Bertz CT molecular complexity index is 992. The Hall–Kier alpha value is -2.40. The van der Waals surface area contributed by atoms with Crippen molar-refractivity contribution in [1.82, 2.24) is 0 Å². The predicted octanol–water partition coefficient (Wildman–Crippen LogP) is 9.28. The second-order valence-corrected chi connectivity index (χ2v) is 11.7. The quantitative estimate of drug-likeness (QED) is 0.0783. The monoisotopic (exact) mass is 554 g/mol. The Morgan fingerprint density at radius 2 is 1.62 bits per heavy atom. The first-order valence-corrected chi connectivity index (χ1v) is 15.7. The Labute approximate surface area is 243 Å². The summed E-state index contributed by atoms with van der Waals surface area (Å²) in [4.78, 5) is 26.1. The minimum Gasteiger partial charge on any atom is -0.426 e. The van der Waals surface area contributed by atoms with E-state index < -0.39 is 0 Å². The number of hydrogen-bond acceptors (Lipinski definition) is 5. The number of aryl methyl sites for hydroxylation is 1. The number of ether oxygens (including phenoxy) is 3. The Morgan fingerprint density at radius 3 is 2.23 bits per heavy atom. The van der Waals surface area contributed by atoms with Crippen LogP contribution in [0.5, 0.6) is 11.5 Å². The molecule has 40 heavy (non-hydrogen) atoms. The van der Waals surface area contributed by atoms with Gasteiger partial charge in [0.15, 0.2) is 0 Å². The van der Waals surface area contributed by atoms with Gasteiger partial charge in [-0.3, -0.25) is 9.59 Å². The highest BCUT2D eigenvalue weighted by Crippen LogP contribution is 2.47. The zero-order chi connectivity index (χ0) is 29.5. The number of carbonyl (C=O) groups is 2. The van der Waals surface area contributed by atoms with Gasteiger partial charge in [0.25, 0.3) is 0 Å². The summed E-state index contributed by atoms with van der Waals surface area (Å²) in [6.07, 6.45) is 13.1. The second-order valence-electron chi connectivity index (χ2n) is 11.7. The average Bonchev–Trinajstić information content (AvgIpc) is 2.90. The molecule has 0 fully saturated rings. The normalized spacial score (nSPS) is 17.7. The summed E-state index contributed by atoms with van der Waals surface area (Å²) >= 11 is 0. The summed E-state index contributed by atoms with van der Waals surface area (Å²) < 4.78 is 17.6. The van der Waals surface area contributed by atoms with Crippen molar-refractivity contribution in [3.63, 3.8) is 0 Å². The van der Waals surface area contributed by atoms with Crippen LogP contribution in [0.25, 0.3) is 0 Å². The van der Waals surface area contributed by atoms with Crippen LogP contribution in [0.2, 0.25) is 0 Å². The van der Waals surface area contributed by atoms with Crippen molar-refractivity contribution < 1.29 is 23.8 Å². The molecule has 0 saturated heterocycles. The lowest BCUT2D eigenvalue weighted by molar-refractivity contribution is -0.135. The number of unbranched alkanes of at least 4 members (excludes halogenated alkanes) is 3. The van der Waals surface area contributed by atoms with Gasteiger partial charge in [-0.2, -0.15) is 0 Å². The SMILES string of the molecule is C=C(C)C1CCC(C)=CC1c1c(OC(=O)CCOCC)cc(CCCCC)cc1OC(=O)CCC(C)CCCC. The first-order chi connectivity index (χ1) is 19.2. The molecule has 0 heterocycles. The molecular weight excluding hydrogens is 500 g/mol. The van der Waals surface area contributed by atoms with Gasteiger partial charge >= 0.3 is 11.9 Å². The van der Waals surface area contributed by atoms with Gasteiger partial charge in [-0.15, -0.1) is 0 Å². The standard InChI is InChI=1S/C35H54O5/c1-8-11-13-15-28-23-31(39-33(36)19-17-26(6)14-12-9-2)35(30-22-27(7)16-18-29(30)25(4)5)32(24-28)40-34(37)20-21-38-10-3/h22-24,26,29-30H,4,8-21H2,1-3,5-7H3. The zero-order valence-corrected chi connectivity index (χ0v) is 26.1. The fourth-order valence-corrected chi connectivity index (χ4v) is 5.49. The molecule has 1 aromatic rings. The van der Waals surface area contributed by atoms with Crippen LogP contribution in [0.1, 0.15) is 129 Å². The van der Waals surface area contributed by atoms with Gasteiger partial charge in [0.2, 0.25) is 0 Å². The molecule has 5 nitrogen and oxygen atoms in total. The summed E-state index contributed by atoms with van der Waals surface area (Å²) in [6.45, 7) is 17.8. The van der Waals surface area contributed by atoms with E-state index in [0.29, 0.717) is 37.1 Å². The fourth-order valence-electron chi connectivity index (χ4n) is 5.49. The molecule has 3 unspecified atom stereocenters. The topological polar surface area (TPSA) is 61.8 Å². The lowest BCUT2D eigenvalue weighted by atomic mass is 9.73. The summed E-state index contributed by atoms with van der Waals surface area (Å²) in [6, 6.07) is 4.00. The number of hydrogen-bond donors (Lipinski definition) is 0. The predicted molar refractivity (Wildman–Crippen MR) is 164 cm³/mol. The third-order valence-corrected chi connectivity index (χ3v) is 7.94. The van der Waals surface area contributed by atoms with E-state index in [0.717, 1.165) is 74.5 Å². The molecular formula is C35H54O5. The Balaban J connectivity index is 2.52. The van der Waals surface area contributed by atoms with Gasteiger partial charge in [-0.25, -0.2) is 0 Å². The minimum atomic E-state index is -0.342. The van der Waals surface area contributed by atoms with Crippen molar-refractivity contribution in [1.29, 1.82) is 0 Å². The van der Waals surface area contributed by atoms with E-state index in [1.54, 1.807) is 0 Å². The largest absolute Gasteiger partial charge is 0.426 e. The minimum absolute atomic E-state index is 0.0862. The van der Waals surface area contributed by atoms with Crippen LogP contribution in [0.3, 0.4) is 0 Å². The smallest absolute Gasteiger partial charge is 0.313 e. The van der Waals surface area contributed by atoms with Gasteiger partial charge < -0.3 is 14.2 Å². The molecule has 0 spiro atoms. The van der Waals surface area contributed by atoms with E-state index in [1.807, 2.05) is 19.1 Å². The maximum Gasteiger partial charge on any atom is 0.313 e. The highest BCUT2D eigenvalue weighted by atomic mass is 16.5. The zero-order valence-electron chi connectivity index (χ0n) is 26.1. The summed E-state index contributed by atoms with van der Waals surface area (Å²) in [5.41, 5.74) is 4.16. The summed E-state index contributed by atoms with van der Waals surface area (Å²) in [7, 11) is 0. The van der Waals surface area contributed by atoms with Gasteiger partial charge in [0.1, 0.15) is 11.5 Å². The molecule has 5 heteroatoms. The Kier molecular flexibility index (Phi) is 15.3. The molecule has 0 aromatic heterocycles. The number of allylic oxidation sites excluding steroid dienone is 3. The van der Waals surface area contributed by atoms with Crippen molar-refractivity contribution in [3.8, 4) is 11.5 Å². The molecule has 0 N–H and O–H groups in total. The van der Waals surface area contributed by atoms with Crippen molar-refractivity contribution in [2.75, 3.05) is 13.2 Å². The average molecular weight is 555 g/mol. The molecule has 224 valence electrons. The second kappa shape index (κ2) is 18.1. The van der Waals surface area contributed by atoms with E-state index in [1.165, 1.54) is 12.0 Å². The molecule has 1 aliphatic rings.